The van der Waals surface area contributed by atoms with Gasteiger partial charge in [-0.3, -0.25) is 4.79 Å². The first-order chi connectivity index (χ1) is 39.6. The molecule has 0 aliphatic carbocycles. The van der Waals surface area contributed by atoms with Crippen LogP contribution in [-0.2, 0) is 23.7 Å². The molecule has 0 aromatic rings. The Balaban J connectivity index is 1.70. The van der Waals surface area contributed by atoms with Crippen LogP contribution in [-0.4, -0.2) is 140 Å². The minimum atomic E-state index is -1.80. The fourth-order valence-corrected chi connectivity index (χ4v) is 8.86. The zero-order valence-electron chi connectivity index (χ0n) is 49.2. The highest BCUT2D eigenvalue weighted by Crippen LogP contribution is 2.30. The fraction of sp³-hybridized carbons (Fsp3) is 0.627. The largest absolute Gasteiger partial charge is 0.394 e. The lowest BCUT2D eigenvalue weighted by atomic mass is 9.97. The third-order valence-corrected chi connectivity index (χ3v) is 13.8. The summed E-state index contributed by atoms with van der Waals surface area (Å²) in [4.78, 5) is 13.2. The molecule has 0 aromatic heterocycles. The Hall–Kier alpha value is -4.13. The lowest BCUT2D eigenvalue weighted by Gasteiger charge is -2.46. The van der Waals surface area contributed by atoms with Crippen LogP contribution >= 0.6 is 0 Å². The van der Waals surface area contributed by atoms with Crippen molar-refractivity contribution in [2.24, 2.45) is 0 Å². The second-order valence-electron chi connectivity index (χ2n) is 20.7. The Labute approximate surface area is 487 Å². The van der Waals surface area contributed by atoms with E-state index in [1.807, 2.05) is 6.08 Å². The number of aliphatic hydroxyl groups is 8. The number of carbonyl (C=O) groups excluding carboxylic acids is 1. The van der Waals surface area contributed by atoms with Crippen LogP contribution < -0.4 is 5.32 Å². The molecule has 0 aromatic carbocycles. The lowest BCUT2D eigenvalue weighted by molar-refractivity contribution is -0.359. The Morgan fingerprint density at radius 2 is 0.864 bits per heavy atom. The van der Waals surface area contributed by atoms with Gasteiger partial charge in [0, 0.05) is 6.42 Å². The van der Waals surface area contributed by atoms with Gasteiger partial charge < -0.3 is 65.1 Å². The van der Waals surface area contributed by atoms with Crippen molar-refractivity contribution in [3.8, 4) is 0 Å². The maximum atomic E-state index is 13.2. The van der Waals surface area contributed by atoms with Gasteiger partial charge >= 0.3 is 0 Å². The third-order valence-electron chi connectivity index (χ3n) is 13.8. The molecular formula is C67H107NO13. The summed E-state index contributed by atoms with van der Waals surface area (Å²) in [7, 11) is 0. The molecule has 458 valence electrons. The summed E-state index contributed by atoms with van der Waals surface area (Å²) in [6, 6.07) is -0.955. The van der Waals surface area contributed by atoms with E-state index in [1.54, 1.807) is 6.08 Å². The Bertz CT molecular complexity index is 1910. The van der Waals surface area contributed by atoms with Crippen molar-refractivity contribution in [3.05, 3.63) is 146 Å². The first-order valence-electron chi connectivity index (χ1n) is 30.6. The van der Waals surface area contributed by atoms with E-state index in [9.17, 15) is 45.6 Å². The second-order valence-corrected chi connectivity index (χ2v) is 20.7. The summed E-state index contributed by atoms with van der Waals surface area (Å²) < 4.78 is 22.7. The monoisotopic (exact) mass is 1130 g/mol. The number of nitrogens with one attached hydrogen (secondary N) is 1. The average molecular weight is 1130 g/mol. The molecule has 0 saturated carbocycles. The molecule has 12 unspecified atom stereocenters. The van der Waals surface area contributed by atoms with Crippen LogP contribution in [0.25, 0.3) is 0 Å². The van der Waals surface area contributed by atoms with E-state index in [4.69, 9.17) is 18.9 Å². The van der Waals surface area contributed by atoms with Crippen molar-refractivity contribution in [3.63, 3.8) is 0 Å². The maximum absolute atomic E-state index is 13.2. The van der Waals surface area contributed by atoms with E-state index >= 15 is 0 Å². The van der Waals surface area contributed by atoms with Gasteiger partial charge in [0.15, 0.2) is 12.6 Å². The molecule has 2 fully saturated rings. The van der Waals surface area contributed by atoms with Crippen LogP contribution in [0, 0.1) is 0 Å². The summed E-state index contributed by atoms with van der Waals surface area (Å²) in [5.74, 6) is -0.283. The number of carbonyl (C=O) groups is 1. The van der Waals surface area contributed by atoms with Gasteiger partial charge in [-0.2, -0.15) is 0 Å². The second kappa shape index (κ2) is 50.4. The number of rotatable bonds is 46. The van der Waals surface area contributed by atoms with Gasteiger partial charge in [-0.1, -0.05) is 205 Å². The topological polar surface area (TPSA) is 228 Å². The van der Waals surface area contributed by atoms with Gasteiger partial charge in [-0.05, 0) is 109 Å². The first kappa shape index (κ1) is 73.0. The zero-order valence-corrected chi connectivity index (χ0v) is 49.2. The molecule has 2 saturated heterocycles. The molecule has 2 rings (SSSR count). The predicted octanol–water partition coefficient (Wildman–Crippen LogP) is 10.9. The fourth-order valence-electron chi connectivity index (χ4n) is 8.86. The van der Waals surface area contributed by atoms with Crippen molar-refractivity contribution in [2.75, 3.05) is 19.8 Å². The van der Waals surface area contributed by atoms with Crippen LogP contribution in [0.4, 0.5) is 0 Å². The van der Waals surface area contributed by atoms with Crippen molar-refractivity contribution >= 4 is 5.91 Å². The Kier molecular flexibility index (Phi) is 45.4. The highest BCUT2D eigenvalue weighted by molar-refractivity contribution is 5.76. The van der Waals surface area contributed by atoms with Crippen molar-refractivity contribution < 1.29 is 64.6 Å². The minimum Gasteiger partial charge on any atom is -0.394 e. The van der Waals surface area contributed by atoms with E-state index in [0.717, 1.165) is 103 Å². The van der Waals surface area contributed by atoms with Crippen LogP contribution in [0.2, 0.25) is 0 Å². The summed E-state index contributed by atoms with van der Waals surface area (Å²) >= 11 is 0. The van der Waals surface area contributed by atoms with E-state index in [1.165, 1.54) is 38.5 Å². The first-order valence-corrected chi connectivity index (χ1v) is 30.6. The SMILES string of the molecule is CC/C=C\C/C=C\C/C=C\C/C=C\C/C=C\C/C=C\C/C=C\C/C=C\C/C=C\C/C=C\CCCCCCC(=O)NC(COC1OC(CO)C(OC2OC(CO)C(O)C(O)C2O)C(O)C1O)C(O)/C=C/CC/C=C/CCCCCCCC. The molecule has 12 atom stereocenters. The maximum Gasteiger partial charge on any atom is 0.220 e. The molecular weight excluding hydrogens is 1030 g/mol. The number of amides is 1. The van der Waals surface area contributed by atoms with Crippen LogP contribution in [0.3, 0.4) is 0 Å². The smallest absolute Gasteiger partial charge is 0.220 e. The number of ether oxygens (including phenoxy) is 4. The van der Waals surface area contributed by atoms with Crippen molar-refractivity contribution in [1.82, 2.24) is 5.32 Å². The molecule has 0 radical (unpaired) electrons. The van der Waals surface area contributed by atoms with Gasteiger partial charge in [0.1, 0.15) is 48.8 Å². The third kappa shape index (κ3) is 35.6. The number of hydrogen-bond acceptors (Lipinski definition) is 13. The van der Waals surface area contributed by atoms with Crippen LogP contribution in [0.15, 0.2) is 146 Å². The van der Waals surface area contributed by atoms with Gasteiger partial charge in [0.2, 0.25) is 5.91 Å². The number of hydrogen-bond donors (Lipinski definition) is 9. The van der Waals surface area contributed by atoms with E-state index < -0.39 is 86.8 Å². The normalized spacial score (nSPS) is 25.2. The number of unbranched alkanes of at least 4 members (excludes halogenated alkanes) is 11. The zero-order chi connectivity index (χ0) is 58.8. The Morgan fingerprint density at radius 1 is 0.457 bits per heavy atom. The van der Waals surface area contributed by atoms with Gasteiger partial charge in [0.25, 0.3) is 0 Å². The molecule has 0 bridgehead atoms. The summed E-state index contributed by atoms with van der Waals surface area (Å²) in [6.07, 6.45) is 59.0. The standard InChI is InChI=1S/C67H107NO13/c1-3-5-7-9-11-13-15-17-18-19-20-21-22-23-24-25-26-27-28-29-30-31-32-33-34-35-36-37-38-39-41-43-45-47-49-51-59(72)68-55(56(71)50-48-46-44-42-40-16-14-12-10-8-6-4-2)54-78-66-64(77)62(75)65(58(53-70)80-66)81-67-63(76)61(74)60(73)57(52-69)79-67/h5,7,11,13,17-18,20-21,23-24,26-27,29-30,32-33,35-36,38-40,42,48,50,55-58,60-67,69-71,73-77H,3-4,6,8-10,12,14-16,19,22,25,28,31,34,37,41,43-47,49,51-54H2,1-2H3,(H,68,72)/b7-5-,13-11-,18-17-,21-20-,24-23-,27-26-,30-29-,33-32-,36-35-,39-38-,42-40+,50-48+. The molecule has 2 aliphatic rings. The number of allylic oxidation sites excluding steroid dienone is 23. The molecule has 0 spiro atoms. The minimum absolute atomic E-state index is 0.233. The average Bonchev–Trinajstić information content (AvgIpc) is 3.46. The molecule has 81 heavy (non-hydrogen) atoms. The molecule has 9 N–H and O–H groups in total. The Morgan fingerprint density at radius 3 is 1.36 bits per heavy atom. The quantitative estimate of drug-likeness (QED) is 0.0204. The van der Waals surface area contributed by atoms with Gasteiger partial charge in [0.05, 0.1) is 32.0 Å². The van der Waals surface area contributed by atoms with Crippen molar-refractivity contribution in [2.45, 2.75) is 248 Å². The van der Waals surface area contributed by atoms with E-state index in [0.29, 0.717) is 12.8 Å². The molecule has 2 heterocycles. The highest BCUT2D eigenvalue weighted by atomic mass is 16.7. The van der Waals surface area contributed by atoms with Gasteiger partial charge in [-0.15, -0.1) is 0 Å². The van der Waals surface area contributed by atoms with Crippen molar-refractivity contribution in [1.29, 1.82) is 0 Å². The lowest BCUT2D eigenvalue weighted by Crippen LogP contribution is -2.65. The molecule has 1 amide bonds. The number of aliphatic hydroxyl groups excluding tert-OH is 8. The van der Waals surface area contributed by atoms with Crippen LogP contribution in [0.5, 0.6) is 0 Å². The predicted molar refractivity (Wildman–Crippen MR) is 327 cm³/mol. The molecule has 14 nitrogen and oxygen atoms in total. The molecule has 14 heteroatoms. The van der Waals surface area contributed by atoms with Gasteiger partial charge in [-0.25, -0.2) is 0 Å². The summed E-state index contributed by atoms with van der Waals surface area (Å²) in [5, 5.41) is 86.9. The highest BCUT2D eigenvalue weighted by Gasteiger charge is 2.51. The van der Waals surface area contributed by atoms with Crippen LogP contribution in [0.1, 0.15) is 174 Å². The van der Waals surface area contributed by atoms with E-state index in [2.05, 4.69) is 153 Å². The van der Waals surface area contributed by atoms with E-state index in [-0.39, 0.29) is 18.9 Å². The summed E-state index contributed by atoms with van der Waals surface area (Å²) in [6.45, 7) is 2.59. The molecule has 2 aliphatic heterocycles. The summed E-state index contributed by atoms with van der Waals surface area (Å²) in [5.41, 5.74) is 0.